The molecule has 1 atom stereocenters. The van der Waals surface area contributed by atoms with E-state index in [1.165, 1.54) is 11.0 Å². The van der Waals surface area contributed by atoms with Crippen molar-refractivity contribution in [2.24, 2.45) is 0 Å². The van der Waals surface area contributed by atoms with Crippen molar-refractivity contribution in [2.75, 3.05) is 13.6 Å². The topological polar surface area (TPSA) is 69.6 Å². The number of carbonyl (C=O) groups excluding carboxylic acids is 2. The van der Waals surface area contributed by atoms with Gasteiger partial charge in [0.25, 0.3) is 0 Å². The summed E-state index contributed by atoms with van der Waals surface area (Å²) in [5.41, 5.74) is 0.424. The van der Waals surface area contributed by atoms with Crippen LogP contribution >= 0.6 is 0 Å². The second-order valence-corrected chi connectivity index (χ2v) is 3.75. The van der Waals surface area contributed by atoms with Crippen molar-refractivity contribution in [1.29, 1.82) is 0 Å². The van der Waals surface area contributed by atoms with Crippen LogP contribution in [0, 0.1) is 0 Å². The van der Waals surface area contributed by atoms with Crippen molar-refractivity contribution in [1.82, 2.24) is 10.2 Å². The van der Waals surface area contributed by atoms with Gasteiger partial charge in [-0.25, -0.2) is 0 Å². The van der Waals surface area contributed by atoms with Crippen molar-refractivity contribution >= 4 is 11.8 Å². The normalized spacial score (nSPS) is 20.8. The zero-order chi connectivity index (χ0) is 11.7. The van der Waals surface area contributed by atoms with Crippen LogP contribution in [0.1, 0.15) is 11.6 Å². The van der Waals surface area contributed by atoms with Gasteiger partial charge in [0.05, 0.1) is 6.54 Å². The summed E-state index contributed by atoms with van der Waals surface area (Å²) in [7, 11) is 1.56. The van der Waals surface area contributed by atoms with Gasteiger partial charge in [-0.2, -0.15) is 0 Å². The van der Waals surface area contributed by atoms with E-state index in [9.17, 15) is 14.7 Å². The average molecular weight is 220 g/mol. The lowest BCUT2D eigenvalue weighted by Crippen LogP contribution is -2.51. The number of phenols is 1. The first-order chi connectivity index (χ1) is 7.59. The predicted molar refractivity (Wildman–Crippen MR) is 56.6 cm³/mol. The molecule has 1 aliphatic rings. The molecule has 1 saturated heterocycles. The van der Waals surface area contributed by atoms with E-state index in [0.29, 0.717) is 5.56 Å². The summed E-state index contributed by atoms with van der Waals surface area (Å²) in [5, 5.41) is 12.2. The van der Waals surface area contributed by atoms with Crippen LogP contribution in [0.25, 0.3) is 0 Å². The minimum Gasteiger partial charge on any atom is -0.508 e. The second-order valence-electron chi connectivity index (χ2n) is 3.75. The van der Waals surface area contributed by atoms with E-state index < -0.39 is 6.04 Å². The lowest BCUT2D eigenvalue weighted by molar-refractivity contribution is -0.143. The Hall–Kier alpha value is -2.04. The number of hydrogen-bond acceptors (Lipinski definition) is 3. The Labute approximate surface area is 92.7 Å². The molecule has 2 N–H and O–H groups in total. The van der Waals surface area contributed by atoms with Gasteiger partial charge in [0.15, 0.2) is 0 Å². The van der Waals surface area contributed by atoms with Gasteiger partial charge in [-0.1, -0.05) is 18.2 Å². The molecule has 0 radical (unpaired) electrons. The molecule has 5 nitrogen and oxygen atoms in total. The van der Waals surface area contributed by atoms with Crippen LogP contribution in [-0.4, -0.2) is 35.4 Å². The number of nitrogens with zero attached hydrogens (tertiary/aromatic N) is 1. The predicted octanol–water partition coefficient (Wildman–Crippen LogP) is 0.0215. The summed E-state index contributed by atoms with van der Waals surface area (Å²) in [6.45, 7) is 0.0585. The molecule has 5 heteroatoms. The van der Waals surface area contributed by atoms with Gasteiger partial charge in [0.2, 0.25) is 11.8 Å². The zero-order valence-electron chi connectivity index (χ0n) is 8.80. The highest BCUT2D eigenvalue weighted by Gasteiger charge is 2.32. The number of amides is 2. The highest BCUT2D eigenvalue weighted by Crippen LogP contribution is 2.26. The zero-order valence-corrected chi connectivity index (χ0v) is 8.80. The van der Waals surface area contributed by atoms with Crippen LogP contribution < -0.4 is 5.32 Å². The molecule has 1 aromatic rings. The maximum absolute atomic E-state index is 11.8. The van der Waals surface area contributed by atoms with Crippen LogP contribution in [0.2, 0.25) is 0 Å². The highest BCUT2D eigenvalue weighted by atomic mass is 16.3. The van der Waals surface area contributed by atoms with E-state index in [1.54, 1.807) is 25.2 Å². The van der Waals surface area contributed by atoms with Crippen molar-refractivity contribution in [3.8, 4) is 5.75 Å². The Morgan fingerprint density at radius 1 is 1.38 bits per heavy atom. The number of piperazine rings is 1. The van der Waals surface area contributed by atoms with Crippen molar-refractivity contribution < 1.29 is 14.7 Å². The third-order valence-corrected chi connectivity index (χ3v) is 2.56. The molecule has 0 bridgehead atoms. The summed E-state index contributed by atoms with van der Waals surface area (Å²) in [4.78, 5) is 24.5. The quantitative estimate of drug-likeness (QED) is 0.701. The van der Waals surface area contributed by atoms with Crippen LogP contribution in [0.15, 0.2) is 24.3 Å². The molecule has 0 aromatic heterocycles. The van der Waals surface area contributed by atoms with Crippen LogP contribution in [0.3, 0.4) is 0 Å². The molecule has 16 heavy (non-hydrogen) atoms. The number of aromatic hydroxyl groups is 1. The Kier molecular flexibility index (Phi) is 2.52. The van der Waals surface area contributed by atoms with E-state index in [4.69, 9.17) is 0 Å². The third kappa shape index (κ3) is 1.71. The van der Waals surface area contributed by atoms with E-state index in [2.05, 4.69) is 5.32 Å². The van der Waals surface area contributed by atoms with Gasteiger partial charge in [-0.15, -0.1) is 0 Å². The molecule has 0 unspecified atom stereocenters. The third-order valence-electron chi connectivity index (χ3n) is 2.56. The van der Waals surface area contributed by atoms with Gasteiger partial charge in [-0.3, -0.25) is 9.59 Å². The fraction of sp³-hybridized carbons (Fsp3) is 0.273. The Balaban J connectivity index is 2.36. The molecular formula is C11H12N2O3. The molecule has 84 valence electrons. The fourth-order valence-electron chi connectivity index (χ4n) is 1.72. The summed E-state index contributed by atoms with van der Waals surface area (Å²) in [6.07, 6.45) is 0. The van der Waals surface area contributed by atoms with E-state index in [0.717, 1.165) is 0 Å². The summed E-state index contributed by atoms with van der Waals surface area (Å²) in [6, 6.07) is 5.70. The highest BCUT2D eigenvalue weighted by molar-refractivity contribution is 5.95. The Morgan fingerprint density at radius 2 is 2.06 bits per heavy atom. The van der Waals surface area contributed by atoms with Crippen LogP contribution in [0.4, 0.5) is 0 Å². The maximum Gasteiger partial charge on any atom is 0.250 e. The van der Waals surface area contributed by atoms with Crippen molar-refractivity contribution in [3.05, 3.63) is 29.8 Å². The number of likely N-dealkylation sites (N-methyl/N-ethyl adjacent to an activating group) is 1. The minimum atomic E-state index is -0.785. The van der Waals surface area contributed by atoms with Gasteiger partial charge in [-0.05, 0) is 6.07 Å². The molecule has 1 fully saturated rings. The van der Waals surface area contributed by atoms with Gasteiger partial charge >= 0.3 is 0 Å². The molecule has 1 aromatic carbocycles. The van der Waals surface area contributed by atoms with E-state index >= 15 is 0 Å². The molecule has 1 aliphatic heterocycles. The SMILES string of the molecule is CN1CC(=O)N[C@@H](c2ccccc2O)C1=O. The first-order valence-corrected chi connectivity index (χ1v) is 4.92. The van der Waals surface area contributed by atoms with Crippen molar-refractivity contribution in [3.63, 3.8) is 0 Å². The number of para-hydroxylation sites is 1. The monoisotopic (exact) mass is 220 g/mol. The van der Waals surface area contributed by atoms with E-state index in [-0.39, 0.29) is 24.1 Å². The number of rotatable bonds is 1. The molecular weight excluding hydrogens is 208 g/mol. The first kappa shape index (κ1) is 10.5. The summed E-state index contributed by atoms with van der Waals surface area (Å²) < 4.78 is 0. The van der Waals surface area contributed by atoms with Gasteiger partial charge < -0.3 is 15.3 Å². The minimum absolute atomic E-state index is 0.0106. The molecule has 0 spiro atoms. The average Bonchev–Trinajstić information content (AvgIpc) is 2.24. The molecule has 0 aliphatic carbocycles. The summed E-state index contributed by atoms with van der Waals surface area (Å²) >= 11 is 0. The van der Waals surface area contributed by atoms with Crippen LogP contribution in [-0.2, 0) is 9.59 Å². The number of phenolic OH excluding ortho intramolecular Hbond substituents is 1. The molecule has 1 heterocycles. The number of carbonyl (C=O) groups is 2. The van der Waals surface area contributed by atoms with Crippen molar-refractivity contribution in [2.45, 2.75) is 6.04 Å². The van der Waals surface area contributed by atoms with Gasteiger partial charge in [0.1, 0.15) is 11.8 Å². The van der Waals surface area contributed by atoms with Gasteiger partial charge in [0, 0.05) is 12.6 Å². The molecule has 2 rings (SSSR count). The lowest BCUT2D eigenvalue weighted by Gasteiger charge is -2.30. The molecule has 0 saturated carbocycles. The first-order valence-electron chi connectivity index (χ1n) is 4.92. The van der Waals surface area contributed by atoms with E-state index in [1.807, 2.05) is 0 Å². The standard InChI is InChI=1S/C11H12N2O3/c1-13-6-9(15)12-10(11(13)16)7-4-2-3-5-8(7)14/h2-5,10,14H,6H2,1H3,(H,12,15)/t10-/m0/s1. The Bertz CT molecular complexity index is 445. The number of hydrogen-bond donors (Lipinski definition) is 2. The second kappa shape index (κ2) is 3.84. The maximum atomic E-state index is 11.8. The number of nitrogens with one attached hydrogen (secondary N) is 1. The largest absolute Gasteiger partial charge is 0.508 e. The summed E-state index contributed by atoms with van der Waals surface area (Å²) in [5.74, 6) is -0.437. The van der Waals surface area contributed by atoms with Crippen LogP contribution in [0.5, 0.6) is 5.75 Å². The Morgan fingerprint density at radius 3 is 2.75 bits per heavy atom. The fourth-order valence-corrected chi connectivity index (χ4v) is 1.72. The lowest BCUT2D eigenvalue weighted by atomic mass is 10.0. The number of benzene rings is 1. The smallest absolute Gasteiger partial charge is 0.250 e. The molecule has 2 amide bonds.